The smallest absolute Gasteiger partial charge is 0.248 e. The second kappa shape index (κ2) is 8.48. The van der Waals surface area contributed by atoms with E-state index in [-0.39, 0.29) is 17.4 Å². The van der Waals surface area contributed by atoms with Gasteiger partial charge in [-0.15, -0.1) is 0 Å². The van der Waals surface area contributed by atoms with Crippen LogP contribution in [0.5, 0.6) is 5.75 Å². The second-order valence-corrected chi connectivity index (χ2v) is 7.98. The van der Waals surface area contributed by atoms with E-state index in [1.165, 1.54) is 5.56 Å². The zero-order chi connectivity index (χ0) is 20.1. The van der Waals surface area contributed by atoms with E-state index in [9.17, 15) is 4.79 Å². The summed E-state index contributed by atoms with van der Waals surface area (Å²) in [6.07, 6.45) is 3.35. The largest absolute Gasteiger partial charge is 0.484 e. The van der Waals surface area contributed by atoms with E-state index >= 15 is 0 Å². The van der Waals surface area contributed by atoms with Gasteiger partial charge in [-0.25, -0.2) is 0 Å². The summed E-state index contributed by atoms with van der Waals surface area (Å²) in [4.78, 5) is 12.3. The summed E-state index contributed by atoms with van der Waals surface area (Å²) in [6, 6.07) is 13.8. The van der Waals surface area contributed by atoms with Gasteiger partial charge in [-0.2, -0.15) is 0 Å². The first-order valence-electron chi connectivity index (χ1n) is 9.48. The Kier molecular flexibility index (Phi) is 6.05. The van der Waals surface area contributed by atoms with Crippen LogP contribution >= 0.6 is 0 Å². The predicted molar refractivity (Wildman–Crippen MR) is 114 cm³/mol. The number of amides is 1. The molecule has 2 aromatic carbocycles. The van der Waals surface area contributed by atoms with E-state index < -0.39 is 0 Å². The average molecular weight is 380 g/mol. The number of methoxy groups -OCH3 is 1. The van der Waals surface area contributed by atoms with Crippen LogP contribution in [0.4, 0.5) is 11.4 Å². The van der Waals surface area contributed by atoms with Gasteiger partial charge in [-0.05, 0) is 40.8 Å². The molecule has 5 nitrogen and oxygen atoms in total. The number of rotatable bonds is 5. The van der Waals surface area contributed by atoms with E-state index in [1.807, 2.05) is 36.4 Å². The Morgan fingerprint density at radius 3 is 2.68 bits per heavy atom. The van der Waals surface area contributed by atoms with Crippen molar-refractivity contribution in [2.75, 3.05) is 30.9 Å². The Hall–Kier alpha value is -2.79. The molecule has 0 bridgehead atoms. The topological polar surface area (TPSA) is 59.6 Å². The first-order chi connectivity index (χ1) is 13.3. The maximum atomic E-state index is 12.3. The van der Waals surface area contributed by atoms with E-state index in [0.717, 1.165) is 22.7 Å². The Morgan fingerprint density at radius 2 is 2.00 bits per heavy atom. The van der Waals surface area contributed by atoms with Crippen LogP contribution in [0.1, 0.15) is 31.9 Å². The Morgan fingerprint density at radius 1 is 1.25 bits per heavy atom. The minimum atomic E-state index is -0.172. The predicted octanol–water partition coefficient (Wildman–Crippen LogP) is 4.46. The molecule has 0 saturated heterocycles. The van der Waals surface area contributed by atoms with Crippen molar-refractivity contribution in [1.29, 1.82) is 0 Å². The molecule has 0 spiro atoms. The summed E-state index contributed by atoms with van der Waals surface area (Å²) in [5.41, 5.74) is 3.97. The number of ether oxygens (including phenoxy) is 2. The van der Waals surface area contributed by atoms with Gasteiger partial charge in [-0.1, -0.05) is 45.0 Å². The fourth-order valence-corrected chi connectivity index (χ4v) is 3.02. The number of anilines is 2. The highest BCUT2D eigenvalue weighted by molar-refractivity contribution is 6.02. The van der Waals surface area contributed by atoms with Crippen LogP contribution in [0.15, 0.2) is 48.5 Å². The van der Waals surface area contributed by atoms with Gasteiger partial charge in [0.05, 0.1) is 18.8 Å². The fourth-order valence-electron chi connectivity index (χ4n) is 3.02. The van der Waals surface area contributed by atoms with Gasteiger partial charge in [0, 0.05) is 18.9 Å². The molecule has 0 aliphatic carbocycles. The molecule has 1 aliphatic heterocycles. The zero-order valence-corrected chi connectivity index (χ0v) is 16.9. The minimum absolute atomic E-state index is 0.00875. The van der Waals surface area contributed by atoms with E-state index in [0.29, 0.717) is 13.2 Å². The molecular weight excluding hydrogens is 352 g/mol. The monoisotopic (exact) mass is 380 g/mol. The number of benzene rings is 2. The molecule has 2 aromatic rings. The average Bonchev–Trinajstić information content (AvgIpc) is 2.66. The number of hydrogen-bond donors (Lipinski definition) is 2. The minimum Gasteiger partial charge on any atom is -0.484 e. The molecule has 1 atom stereocenters. The normalized spacial score (nSPS) is 16.2. The van der Waals surface area contributed by atoms with Gasteiger partial charge in [0.15, 0.2) is 0 Å². The van der Waals surface area contributed by atoms with Crippen molar-refractivity contribution in [2.24, 2.45) is 0 Å². The fraction of sp³-hybridized carbons (Fsp3) is 0.348. The Balaban J connectivity index is 1.60. The lowest BCUT2D eigenvalue weighted by atomic mass is 9.87. The summed E-state index contributed by atoms with van der Waals surface area (Å²) in [6.45, 7) is 7.75. The van der Waals surface area contributed by atoms with Crippen molar-refractivity contribution in [3.05, 3.63) is 59.7 Å². The van der Waals surface area contributed by atoms with Crippen LogP contribution < -0.4 is 15.4 Å². The van der Waals surface area contributed by atoms with Crippen molar-refractivity contribution in [3.8, 4) is 5.75 Å². The molecule has 1 amide bonds. The zero-order valence-electron chi connectivity index (χ0n) is 16.9. The third kappa shape index (κ3) is 5.14. The van der Waals surface area contributed by atoms with Crippen LogP contribution in [-0.4, -0.2) is 32.3 Å². The van der Waals surface area contributed by atoms with Crippen molar-refractivity contribution in [2.45, 2.75) is 32.3 Å². The van der Waals surface area contributed by atoms with Crippen molar-refractivity contribution in [1.82, 2.24) is 0 Å². The molecule has 0 fully saturated rings. The molecule has 3 rings (SSSR count). The molecule has 148 valence electrons. The SMILES string of the molecule is COCC1CNc2cc(NC(=O)C=Cc3ccc(C(C)(C)C)cc3)ccc2O1. The number of fused-ring (bicyclic) bond motifs is 1. The number of nitrogens with one attached hydrogen (secondary N) is 2. The van der Waals surface area contributed by atoms with Crippen LogP contribution in [0, 0.1) is 0 Å². The summed E-state index contributed by atoms with van der Waals surface area (Å²) in [7, 11) is 1.66. The van der Waals surface area contributed by atoms with Gasteiger partial charge < -0.3 is 20.1 Å². The second-order valence-electron chi connectivity index (χ2n) is 7.98. The molecule has 2 N–H and O–H groups in total. The van der Waals surface area contributed by atoms with Gasteiger partial charge in [0.25, 0.3) is 0 Å². The van der Waals surface area contributed by atoms with Crippen molar-refractivity contribution in [3.63, 3.8) is 0 Å². The lowest BCUT2D eigenvalue weighted by Gasteiger charge is -2.27. The maximum absolute atomic E-state index is 12.3. The number of carbonyl (C=O) groups excluding carboxylic acids is 1. The summed E-state index contributed by atoms with van der Waals surface area (Å²) < 4.78 is 11.0. The summed E-state index contributed by atoms with van der Waals surface area (Å²) in [5, 5.41) is 6.20. The van der Waals surface area contributed by atoms with Crippen LogP contribution in [0.3, 0.4) is 0 Å². The highest BCUT2D eigenvalue weighted by Gasteiger charge is 2.19. The van der Waals surface area contributed by atoms with Crippen molar-refractivity contribution >= 4 is 23.4 Å². The van der Waals surface area contributed by atoms with Gasteiger partial charge in [0.2, 0.25) is 5.91 Å². The molecule has 5 heteroatoms. The molecule has 1 unspecified atom stereocenters. The highest BCUT2D eigenvalue weighted by Crippen LogP contribution is 2.31. The Labute approximate surface area is 166 Å². The van der Waals surface area contributed by atoms with Crippen LogP contribution in [-0.2, 0) is 14.9 Å². The standard InChI is InChI=1S/C23H28N2O3/c1-23(2,3)17-8-5-16(6-9-17)7-12-22(26)25-18-10-11-21-20(13-18)24-14-19(28-21)15-27-4/h5-13,19,24H,14-15H2,1-4H3,(H,25,26). The molecule has 1 heterocycles. The Bertz CT molecular complexity index is 851. The molecule has 0 aromatic heterocycles. The quantitative estimate of drug-likeness (QED) is 0.752. The maximum Gasteiger partial charge on any atom is 0.248 e. The molecule has 1 aliphatic rings. The lowest BCUT2D eigenvalue weighted by molar-refractivity contribution is -0.111. The first kappa shape index (κ1) is 20.0. The number of hydrogen-bond acceptors (Lipinski definition) is 4. The third-order valence-electron chi connectivity index (χ3n) is 4.62. The lowest BCUT2D eigenvalue weighted by Crippen LogP contribution is -2.34. The van der Waals surface area contributed by atoms with E-state index in [1.54, 1.807) is 13.2 Å². The first-order valence-corrected chi connectivity index (χ1v) is 9.48. The van der Waals surface area contributed by atoms with Gasteiger partial charge in [0.1, 0.15) is 11.9 Å². The van der Waals surface area contributed by atoms with E-state index in [2.05, 4.69) is 43.5 Å². The molecule has 0 radical (unpaired) electrons. The summed E-state index contributed by atoms with van der Waals surface area (Å²) in [5.74, 6) is 0.592. The van der Waals surface area contributed by atoms with Gasteiger partial charge in [-0.3, -0.25) is 4.79 Å². The molecule has 28 heavy (non-hydrogen) atoms. The molecule has 0 saturated carbocycles. The summed E-state index contributed by atoms with van der Waals surface area (Å²) >= 11 is 0. The van der Waals surface area contributed by atoms with Gasteiger partial charge >= 0.3 is 0 Å². The third-order valence-corrected chi connectivity index (χ3v) is 4.62. The van der Waals surface area contributed by atoms with Crippen molar-refractivity contribution < 1.29 is 14.3 Å². The van der Waals surface area contributed by atoms with Crippen LogP contribution in [0.25, 0.3) is 6.08 Å². The number of carbonyl (C=O) groups is 1. The van der Waals surface area contributed by atoms with Crippen LogP contribution in [0.2, 0.25) is 0 Å². The highest BCUT2D eigenvalue weighted by atomic mass is 16.5. The van der Waals surface area contributed by atoms with E-state index in [4.69, 9.17) is 9.47 Å². The molecular formula is C23H28N2O3.